The second kappa shape index (κ2) is 3.75. The molecule has 0 radical (unpaired) electrons. The summed E-state index contributed by atoms with van der Waals surface area (Å²) in [5, 5.41) is 0. The second-order valence-corrected chi connectivity index (χ2v) is 3.78. The third kappa shape index (κ3) is 1.80. The van der Waals surface area contributed by atoms with E-state index < -0.39 is 0 Å². The van der Waals surface area contributed by atoms with Crippen LogP contribution in [0, 0.1) is 0 Å². The fourth-order valence-electron chi connectivity index (χ4n) is 1.53. The van der Waals surface area contributed by atoms with Crippen molar-refractivity contribution in [1.29, 1.82) is 0 Å². The standard InChI is InChI=1S/C10H20O2/c1-5-7-9-11-8(3)10(4,6-2)12-9/h8-9H,5-7H2,1-4H3. The van der Waals surface area contributed by atoms with Crippen LogP contribution in [0.25, 0.3) is 0 Å². The maximum Gasteiger partial charge on any atom is 0.158 e. The van der Waals surface area contributed by atoms with Gasteiger partial charge < -0.3 is 9.47 Å². The minimum atomic E-state index is -0.0557. The van der Waals surface area contributed by atoms with Gasteiger partial charge in [-0.2, -0.15) is 0 Å². The average Bonchev–Trinajstić information content (AvgIpc) is 2.30. The highest BCUT2D eigenvalue weighted by molar-refractivity contribution is 4.86. The third-order valence-corrected chi connectivity index (χ3v) is 2.84. The fourth-order valence-corrected chi connectivity index (χ4v) is 1.53. The highest BCUT2D eigenvalue weighted by Crippen LogP contribution is 2.33. The zero-order valence-corrected chi connectivity index (χ0v) is 8.59. The molecule has 2 nitrogen and oxygen atoms in total. The Bertz CT molecular complexity index is 147. The second-order valence-electron chi connectivity index (χ2n) is 3.78. The summed E-state index contributed by atoms with van der Waals surface area (Å²) in [7, 11) is 0. The van der Waals surface area contributed by atoms with Gasteiger partial charge in [0.05, 0.1) is 11.7 Å². The molecule has 3 unspecified atom stereocenters. The van der Waals surface area contributed by atoms with Crippen LogP contribution in [-0.2, 0) is 9.47 Å². The molecule has 0 amide bonds. The first-order valence-corrected chi connectivity index (χ1v) is 4.95. The summed E-state index contributed by atoms with van der Waals surface area (Å²) in [5.74, 6) is 0. The van der Waals surface area contributed by atoms with Crippen molar-refractivity contribution < 1.29 is 9.47 Å². The first-order chi connectivity index (χ1) is 5.62. The van der Waals surface area contributed by atoms with Gasteiger partial charge in [-0.1, -0.05) is 20.3 Å². The minimum absolute atomic E-state index is 0.0370. The molecule has 2 heteroatoms. The van der Waals surface area contributed by atoms with Gasteiger partial charge in [-0.3, -0.25) is 0 Å². The van der Waals surface area contributed by atoms with Crippen LogP contribution in [0.2, 0.25) is 0 Å². The predicted octanol–water partition coefficient (Wildman–Crippen LogP) is 2.72. The molecule has 0 aromatic carbocycles. The van der Waals surface area contributed by atoms with Crippen LogP contribution in [0.1, 0.15) is 47.0 Å². The van der Waals surface area contributed by atoms with E-state index >= 15 is 0 Å². The molecule has 0 spiro atoms. The molecule has 3 atom stereocenters. The molecule has 1 aliphatic heterocycles. The van der Waals surface area contributed by atoms with Crippen molar-refractivity contribution in [2.24, 2.45) is 0 Å². The van der Waals surface area contributed by atoms with Gasteiger partial charge in [-0.25, -0.2) is 0 Å². The molecule has 0 bridgehead atoms. The van der Waals surface area contributed by atoms with Crippen molar-refractivity contribution >= 4 is 0 Å². The van der Waals surface area contributed by atoms with Crippen molar-refractivity contribution in [3.05, 3.63) is 0 Å². The van der Waals surface area contributed by atoms with Crippen molar-refractivity contribution in [2.45, 2.75) is 65.0 Å². The Balaban J connectivity index is 2.49. The maximum absolute atomic E-state index is 5.83. The maximum atomic E-state index is 5.83. The monoisotopic (exact) mass is 172 g/mol. The molecular formula is C10H20O2. The molecule has 0 aromatic rings. The molecule has 1 saturated heterocycles. The smallest absolute Gasteiger partial charge is 0.158 e. The van der Waals surface area contributed by atoms with E-state index in [-0.39, 0.29) is 18.0 Å². The van der Waals surface area contributed by atoms with E-state index in [9.17, 15) is 0 Å². The molecule has 1 rings (SSSR count). The minimum Gasteiger partial charge on any atom is -0.347 e. The van der Waals surface area contributed by atoms with E-state index in [0.717, 1.165) is 19.3 Å². The van der Waals surface area contributed by atoms with Gasteiger partial charge in [0, 0.05) is 0 Å². The molecule has 0 aliphatic carbocycles. The summed E-state index contributed by atoms with van der Waals surface area (Å²) in [6, 6.07) is 0. The number of hydrogen-bond acceptors (Lipinski definition) is 2. The highest BCUT2D eigenvalue weighted by atomic mass is 16.7. The Morgan fingerprint density at radius 3 is 2.42 bits per heavy atom. The summed E-state index contributed by atoms with van der Waals surface area (Å²) in [5.41, 5.74) is -0.0557. The summed E-state index contributed by atoms with van der Waals surface area (Å²) in [6.45, 7) is 8.53. The highest BCUT2D eigenvalue weighted by Gasteiger charge is 2.41. The number of rotatable bonds is 3. The normalized spacial score (nSPS) is 42.0. The Morgan fingerprint density at radius 2 is 2.00 bits per heavy atom. The molecule has 72 valence electrons. The van der Waals surface area contributed by atoms with E-state index in [1.54, 1.807) is 0 Å². The lowest BCUT2D eigenvalue weighted by molar-refractivity contribution is -0.0893. The van der Waals surface area contributed by atoms with Crippen molar-refractivity contribution in [1.82, 2.24) is 0 Å². The van der Waals surface area contributed by atoms with Gasteiger partial charge >= 0.3 is 0 Å². The molecule has 0 saturated carbocycles. The van der Waals surface area contributed by atoms with Crippen LogP contribution < -0.4 is 0 Å². The lowest BCUT2D eigenvalue weighted by Gasteiger charge is -2.24. The van der Waals surface area contributed by atoms with Gasteiger partial charge in [0.1, 0.15) is 0 Å². The fraction of sp³-hybridized carbons (Fsp3) is 1.00. The zero-order valence-electron chi connectivity index (χ0n) is 8.59. The molecule has 1 aliphatic rings. The van der Waals surface area contributed by atoms with E-state index in [1.807, 2.05) is 0 Å². The summed E-state index contributed by atoms with van der Waals surface area (Å²) >= 11 is 0. The first kappa shape index (κ1) is 10.0. The van der Waals surface area contributed by atoms with Crippen molar-refractivity contribution in [2.75, 3.05) is 0 Å². The Kier molecular flexibility index (Phi) is 3.13. The van der Waals surface area contributed by atoms with E-state index in [0.29, 0.717) is 0 Å². The predicted molar refractivity (Wildman–Crippen MR) is 49.0 cm³/mol. The quantitative estimate of drug-likeness (QED) is 0.651. The van der Waals surface area contributed by atoms with E-state index in [2.05, 4.69) is 27.7 Å². The molecule has 0 aromatic heterocycles. The Morgan fingerprint density at radius 1 is 1.33 bits per heavy atom. The summed E-state index contributed by atoms with van der Waals surface area (Å²) < 4.78 is 11.5. The van der Waals surface area contributed by atoms with Crippen LogP contribution in [0.4, 0.5) is 0 Å². The molecule has 1 heterocycles. The number of ether oxygens (including phenoxy) is 2. The van der Waals surface area contributed by atoms with Gasteiger partial charge in [-0.15, -0.1) is 0 Å². The zero-order chi connectivity index (χ0) is 9.19. The van der Waals surface area contributed by atoms with Gasteiger partial charge in [0.2, 0.25) is 0 Å². The van der Waals surface area contributed by atoms with Gasteiger partial charge in [0.15, 0.2) is 6.29 Å². The van der Waals surface area contributed by atoms with Crippen LogP contribution in [-0.4, -0.2) is 18.0 Å². The number of hydrogen-bond donors (Lipinski definition) is 0. The molecule has 12 heavy (non-hydrogen) atoms. The van der Waals surface area contributed by atoms with Gasteiger partial charge in [0.25, 0.3) is 0 Å². The Hall–Kier alpha value is -0.0800. The lowest BCUT2D eigenvalue weighted by Crippen LogP contribution is -2.33. The summed E-state index contributed by atoms with van der Waals surface area (Å²) in [4.78, 5) is 0. The lowest BCUT2D eigenvalue weighted by atomic mass is 9.98. The molecular weight excluding hydrogens is 152 g/mol. The van der Waals surface area contributed by atoms with Crippen LogP contribution >= 0.6 is 0 Å². The Labute approximate surface area is 75.2 Å². The van der Waals surface area contributed by atoms with Crippen LogP contribution in [0.15, 0.2) is 0 Å². The van der Waals surface area contributed by atoms with Crippen LogP contribution in [0.3, 0.4) is 0 Å². The average molecular weight is 172 g/mol. The largest absolute Gasteiger partial charge is 0.347 e. The topological polar surface area (TPSA) is 18.5 Å². The van der Waals surface area contributed by atoms with Gasteiger partial charge in [-0.05, 0) is 26.7 Å². The van der Waals surface area contributed by atoms with E-state index in [1.165, 1.54) is 0 Å². The molecule has 0 N–H and O–H groups in total. The third-order valence-electron chi connectivity index (χ3n) is 2.84. The SMILES string of the molecule is CCCC1OC(C)C(C)(CC)O1. The summed E-state index contributed by atoms with van der Waals surface area (Å²) in [6.07, 6.45) is 3.43. The van der Waals surface area contributed by atoms with E-state index in [4.69, 9.17) is 9.47 Å². The first-order valence-electron chi connectivity index (χ1n) is 4.95. The van der Waals surface area contributed by atoms with Crippen molar-refractivity contribution in [3.8, 4) is 0 Å². The molecule has 1 fully saturated rings. The van der Waals surface area contributed by atoms with Crippen molar-refractivity contribution in [3.63, 3.8) is 0 Å². The van der Waals surface area contributed by atoms with Crippen LogP contribution in [0.5, 0.6) is 0 Å².